The standard InChI is InChI=1S/2Pb.Sn.2Zr. The summed E-state index contributed by atoms with van der Waals surface area (Å²) in [6.45, 7) is 0. The molecule has 0 bridgehead atoms. The van der Waals surface area contributed by atoms with Crippen LogP contribution < -0.4 is 0 Å². The van der Waals surface area contributed by atoms with Crippen LogP contribution in [0.3, 0.4) is 0 Å². The third kappa shape index (κ3) is 17.8. The van der Waals surface area contributed by atoms with E-state index in [0.717, 1.165) is 0 Å². The molecule has 0 saturated carbocycles. The summed E-state index contributed by atoms with van der Waals surface area (Å²) in [7, 11) is 0. The summed E-state index contributed by atoms with van der Waals surface area (Å²) in [4.78, 5) is 0. The summed E-state index contributed by atoms with van der Waals surface area (Å²) >= 11 is 0. The van der Waals surface area contributed by atoms with E-state index in [9.17, 15) is 0 Å². The van der Waals surface area contributed by atoms with Crippen molar-refractivity contribution in [1.82, 2.24) is 0 Å². The van der Waals surface area contributed by atoms with Crippen LogP contribution in [0, 0.1) is 0 Å². The molecule has 5 heteroatoms. The van der Waals surface area contributed by atoms with Gasteiger partial charge in [-0.25, -0.2) is 0 Å². The topological polar surface area (TPSA) is 0 Å². The van der Waals surface area contributed by atoms with Crippen molar-refractivity contribution in [3.8, 4) is 0 Å². The molecule has 12 radical (unpaired) electrons. The molecule has 0 fully saturated rings. The second-order valence-electron chi connectivity index (χ2n) is 0. The Morgan fingerprint density at radius 1 is 0.600 bits per heavy atom. The predicted molar refractivity (Wildman–Crippen MR) is 17.3 cm³/mol. The summed E-state index contributed by atoms with van der Waals surface area (Å²) in [6, 6.07) is 0. The molecule has 20 valence electrons. The molecule has 0 unspecified atom stereocenters. The Kier molecular flexibility index (Phi) is 163. The van der Waals surface area contributed by atoms with Crippen molar-refractivity contribution in [2.75, 3.05) is 0 Å². The van der Waals surface area contributed by atoms with E-state index in [1.165, 1.54) is 0 Å². The van der Waals surface area contributed by atoms with Crippen LogP contribution in [0.2, 0.25) is 0 Å². The molecule has 0 saturated heterocycles. The molecular formula is Pb2SnZr2. The monoisotopic (exact) mass is 716 g/mol. The van der Waals surface area contributed by atoms with E-state index < -0.39 is 0 Å². The normalized spacial score (nSPS) is 0. The van der Waals surface area contributed by atoms with Crippen LogP contribution in [0.15, 0.2) is 0 Å². The van der Waals surface area contributed by atoms with Crippen molar-refractivity contribution in [2.24, 2.45) is 0 Å². The molecule has 0 spiro atoms. The molecule has 0 aromatic carbocycles. The minimum absolute atomic E-state index is 0. The maximum Gasteiger partial charge on any atom is 0 e. The summed E-state index contributed by atoms with van der Waals surface area (Å²) in [5.74, 6) is 0. The van der Waals surface area contributed by atoms with Gasteiger partial charge >= 0.3 is 0 Å². The fourth-order valence-corrected chi connectivity index (χ4v) is 0. The zero-order chi connectivity index (χ0) is 0. The average molecular weight is 716 g/mol. The Morgan fingerprint density at radius 2 is 0.600 bits per heavy atom. The average Bonchev–Trinajstić information content (AvgIpc) is 0. The Hall–Kier alpha value is 4.41. The van der Waals surface area contributed by atoms with Crippen molar-refractivity contribution in [2.45, 2.75) is 0 Å². The van der Waals surface area contributed by atoms with Gasteiger partial charge in [-0.05, 0) is 0 Å². The van der Waals surface area contributed by atoms with Crippen LogP contribution >= 0.6 is 0 Å². The van der Waals surface area contributed by atoms with Gasteiger partial charge in [0.15, 0.2) is 0 Å². The summed E-state index contributed by atoms with van der Waals surface area (Å²) in [6.07, 6.45) is 0. The smallest absolute Gasteiger partial charge is 0 e. The molecule has 0 amide bonds. The maximum atomic E-state index is 0. The largest absolute Gasteiger partial charge is 0 e. The van der Waals surface area contributed by atoms with E-state index in [1.807, 2.05) is 0 Å². The van der Waals surface area contributed by atoms with Crippen molar-refractivity contribution >= 4 is 78.5 Å². The van der Waals surface area contributed by atoms with Crippen molar-refractivity contribution in [3.63, 3.8) is 0 Å². The van der Waals surface area contributed by atoms with Gasteiger partial charge in [-0.15, -0.1) is 0 Å². The Labute approximate surface area is 128 Å². The van der Waals surface area contributed by atoms with Crippen LogP contribution in [0.4, 0.5) is 0 Å². The summed E-state index contributed by atoms with van der Waals surface area (Å²) in [5.41, 5.74) is 0. The van der Waals surface area contributed by atoms with Gasteiger partial charge < -0.3 is 0 Å². The number of rotatable bonds is 0. The molecule has 0 aliphatic rings. The molecule has 0 aliphatic heterocycles. The summed E-state index contributed by atoms with van der Waals surface area (Å²) in [5, 5.41) is 0. The van der Waals surface area contributed by atoms with Gasteiger partial charge in [0, 0.05) is 131 Å². The van der Waals surface area contributed by atoms with Gasteiger partial charge in [0.25, 0.3) is 0 Å². The molecule has 0 aromatic heterocycles. The van der Waals surface area contributed by atoms with Crippen molar-refractivity contribution < 1.29 is 52.4 Å². The van der Waals surface area contributed by atoms with Crippen LogP contribution in [0.1, 0.15) is 0 Å². The van der Waals surface area contributed by atoms with Gasteiger partial charge in [-0.2, -0.15) is 0 Å². The van der Waals surface area contributed by atoms with Crippen LogP contribution in [0.5, 0.6) is 0 Å². The quantitative estimate of drug-likeness (QED) is 0.279. The predicted octanol–water partition coefficient (Wildman–Crippen LogP) is -1.15. The van der Waals surface area contributed by atoms with Gasteiger partial charge in [-0.3, -0.25) is 0 Å². The van der Waals surface area contributed by atoms with E-state index in [-0.39, 0.29) is 131 Å². The maximum absolute atomic E-state index is 0. The first kappa shape index (κ1) is 34.2. The van der Waals surface area contributed by atoms with Gasteiger partial charge in [-0.1, -0.05) is 0 Å². The molecule has 0 nitrogen and oxygen atoms in total. The molecule has 5 heavy (non-hydrogen) atoms. The van der Waals surface area contributed by atoms with E-state index >= 15 is 0 Å². The second kappa shape index (κ2) is 23.7. The van der Waals surface area contributed by atoms with Crippen molar-refractivity contribution in [1.29, 1.82) is 0 Å². The van der Waals surface area contributed by atoms with E-state index in [0.29, 0.717) is 0 Å². The minimum Gasteiger partial charge on any atom is 0 e. The molecule has 0 atom stereocenters. The Balaban J connectivity index is 0. The molecule has 0 aromatic rings. The van der Waals surface area contributed by atoms with Gasteiger partial charge in [0.05, 0.1) is 0 Å². The Bertz CT molecular complexity index is 7.61. The summed E-state index contributed by atoms with van der Waals surface area (Å²) < 4.78 is 0. The first-order valence-corrected chi connectivity index (χ1v) is 0. The fraction of sp³-hybridized carbons (Fsp3) is 0. The third-order valence-electron chi connectivity index (χ3n) is 0. The fourth-order valence-electron chi connectivity index (χ4n) is 0. The first-order chi connectivity index (χ1) is 0. The second-order valence-corrected chi connectivity index (χ2v) is 0. The zero-order valence-corrected chi connectivity index (χ0v) is 18.0. The number of hydrogen-bond acceptors (Lipinski definition) is 0. The van der Waals surface area contributed by atoms with Gasteiger partial charge in [0.2, 0.25) is 0 Å². The Morgan fingerprint density at radius 3 is 0.600 bits per heavy atom. The molecule has 0 heterocycles. The van der Waals surface area contributed by atoms with E-state index in [1.54, 1.807) is 0 Å². The van der Waals surface area contributed by atoms with Crippen molar-refractivity contribution in [3.05, 3.63) is 0 Å². The third-order valence-corrected chi connectivity index (χ3v) is 0. The number of hydrogen-bond donors (Lipinski definition) is 0. The molecular weight excluding hydrogens is 716 g/mol. The van der Waals surface area contributed by atoms with Gasteiger partial charge in [0.1, 0.15) is 0 Å². The molecule has 0 rings (SSSR count). The van der Waals surface area contributed by atoms with E-state index in [4.69, 9.17) is 0 Å². The van der Waals surface area contributed by atoms with Crippen LogP contribution in [0.25, 0.3) is 0 Å². The minimum atomic E-state index is 0. The molecule has 0 aliphatic carbocycles. The zero-order valence-electron chi connectivity index (χ0n) is 2.50. The van der Waals surface area contributed by atoms with E-state index in [2.05, 4.69) is 0 Å². The SMILES string of the molecule is [Pb].[Pb].[Sn].[Zr].[Zr]. The van der Waals surface area contributed by atoms with Crippen LogP contribution in [-0.2, 0) is 52.4 Å². The first-order valence-electron chi connectivity index (χ1n) is 0. The molecule has 0 N–H and O–H groups in total. The van der Waals surface area contributed by atoms with Crippen LogP contribution in [-0.4, -0.2) is 78.5 Å².